The Hall–Kier alpha value is -1.72. The van der Waals surface area contributed by atoms with E-state index in [1.54, 1.807) is 24.3 Å². The molecule has 1 atom stereocenters. The van der Waals surface area contributed by atoms with Gasteiger partial charge in [-0.3, -0.25) is 0 Å². The molecule has 0 bridgehead atoms. The Morgan fingerprint density at radius 2 is 1.59 bits per heavy atom. The Morgan fingerprint density at radius 3 is 2.14 bits per heavy atom. The van der Waals surface area contributed by atoms with Crippen LogP contribution in [0, 0.1) is 11.7 Å². The van der Waals surface area contributed by atoms with E-state index in [2.05, 4.69) is 4.72 Å². The summed E-state index contributed by atoms with van der Waals surface area (Å²) in [5.41, 5.74) is 1.49. The van der Waals surface area contributed by atoms with Gasteiger partial charge < -0.3 is 0 Å². The topological polar surface area (TPSA) is 46.2 Å². The number of hydrogen-bond acceptors (Lipinski definition) is 2. The molecule has 1 N–H and O–H groups in total. The second-order valence-electron chi connectivity index (χ2n) is 5.64. The highest BCUT2D eigenvalue weighted by Crippen LogP contribution is 2.23. The summed E-state index contributed by atoms with van der Waals surface area (Å²) in [7, 11) is -3.48. The van der Waals surface area contributed by atoms with Gasteiger partial charge in [0, 0.05) is 6.04 Å². The molecule has 118 valence electrons. The third-order valence-corrected chi connectivity index (χ3v) is 4.73. The largest absolute Gasteiger partial charge is 0.216 e. The third-order valence-electron chi connectivity index (χ3n) is 3.40. The zero-order chi connectivity index (χ0) is 16.2. The summed E-state index contributed by atoms with van der Waals surface area (Å²) in [4.78, 5) is 0. The van der Waals surface area contributed by atoms with Crippen LogP contribution in [0.4, 0.5) is 4.39 Å². The van der Waals surface area contributed by atoms with E-state index >= 15 is 0 Å². The molecule has 0 heterocycles. The lowest BCUT2D eigenvalue weighted by Gasteiger charge is -2.23. The number of sulfonamides is 1. The molecular weight excluding hydrogens is 301 g/mol. The lowest BCUT2D eigenvalue weighted by molar-refractivity contribution is 0.462. The summed E-state index contributed by atoms with van der Waals surface area (Å²) >= 11 is 0. The number of benzene rings is 2. The highest BCUT2D eigenvalue weighted by Gasteiger charge is 2.22. The molecule has 3 nitrogen and oxygen atoms in total. The van der Waals surface area contributed by atoms with Crippen LogP contribution in [0.5, 0.6) is 0 Å². The summed E-state index contributed by atoms with van der Waals surface area (Å²) in [6.07, 6.45) is 0. The zero-order valence-corrected chi connectivity index (χ0v) is 13.5. The molecule has 2 aromatic rings. The molecular formula is C17H20FNO2S. The van der Waals surface area contributed by atoms with Gasteiger partial charge in [0.05, 0.1) is 5.75 Å². The Labute approximate surface area is 131 Å². The van der Waals surface area contributed by atoms with E-state index in [4.69, 9.17) is 0 Å². The minimum Gasteiger partial charge on any atom is -0.212 e. The van der Waals surface area contributed by atoms with Crippen molar-refractivity contribution in [2.75, 3.05) is 0 Å². The SMILES string of the molecule is CC(C)[C@@H](NS(=O)(=O)Cc1ccccc1)c1ccc(F)cc1. The molecule has 0 aliphatic heterocycles. The van der Waals surface area contributed by atoms with E-state index < -0.39 is 10.0 Å². The first kappa shape index (κ1) is 16.6. The number of rotatable bonds is 6. The fourth-order valence-electron chi connectivity index (χ4n) is 2.29. The summed E-state index contributed by atoms with van der Waals surface area (Å²) in [6.45, 7) is 3.86. The Morgan fingerprint density at radius 1 is 1.00 bits per heavy atom. The summed E-state index contributed by atoms with van der Waals surface area (Å²) in [5.74, 6) is -0.354. The maximum atomic E-state index is 13.0. The van der Waals surface area contributed by atoms with Crippen molar-refractivity contribution in [3.8, 4) is 0 Å². The van der Waals surface area contributed by atoms with Crippen LogP contribution in [0.15, 0.2) is 54.6 Å². The predicted octanol–water partition coefficient (Wildman–Crippen LogP) is 3.64. The van der Waals surface area contributed by atoms with Crippen LogP contribution in [0.3, 0.4) is 0 Å². The van der Waals surface area contributed by atoms with Crippen LogP contribution < -0.4 is 4.72 Å². The van der Waals surface area contributed by atoms with E-state index in [0.29, 0.717) is 0 Å². The average molecular weight is 321 g/mol. The molecule has 0 aromatic heterocycles. The highest BCUT2D eigenvalue weighted by molar-refractivity contribution is 7.88. The molecule has 0 spiro atoms. The van der Waals surface area contributed by atoms with Crippen molar-refractivity contribution in [2.45, 2.75) is 25.6 Å². The summed E-state index contributed by atoms with van der Waals surface area (Å²) < 4.78 is 40.5. The van der Waals surface area contributed by atoms with Crippen molar-refractivity contribution >= 4 is 10.0 Å². The Balaban J connectivity index is 2.18. The standard InChI is InChI=1S/C17H20FNO2S/c1-13(2)17(15-8-10-16(18)11-9-15)19-22(20,21)12-14-6-4-3-5-7-14/h3-11,13,17,19H,12H2,1-2H3/t17-/m1/s1. The molecule has 0 saturated carbocycles. The number of halogens is 1. The van der Waals surface area contributed by atoms with Crippen molar-refractivity contribution in [3.63, 3.8) is 0 Å². The molecule has 0 fully saturated rings. The van der Waals surface area contributed by atoms with Gasteiger partial charge in [0.25, 0.3) is 0 Å². The summed E-state index contributed by atoms with van der Waals surface area (Å²) in [5, 5.41) is 0. The number of hydrogen-bond donors (Lipinski definition) is 1. The lowest BCUT2D eigenvalue weighted by atomic mass is 9.97. The van der Waals surface area contributed by atoms with E-state index in [1.807, 2.05) is 32.0 Å². The van der Waals surface area contributed by atoms with Crippen LogP contribution in [0.2, 0.25) is 0 Å². The van der Waals surface area contributed by atoms with Crippen molar-refractivity contribution in [1.29, 1.82) is 0 Å². The van der Waals surface area contributed by atoms with Gasteiger partial charge in [-0.05, 0) is 29.2 Å². The molecule has 0 radical (unpaired) electrons. The zero-order valence-electron chi connectivity index (χ0n) is 12.7. The Bertz CT molecular complexity index is 697. The van der Waals surface area contributed by atoms with E-state index in [-0.39, 0.29) is 23.5 Å². The Kier molecular flexibility index (Phi) is 5.32. The maximum absolute atomic E-state index is 13.0. The first-order valence-corrected chi connectivity index (χ1v) is 8.82. The third kappa shape index (κ3) is 4.64. The molecule has 5 heteroatoms. The van der Waals surface area contributed by atoms with Crippen LogP contribution in [-0.4, -0.2) is 8.42 Å². The number of nitrogens with one attached hydrogen (secondary N) is 1. The molecule has 2 aromatic carbocycles. The van der Waals surface area contributed by atoms with Gasteiger partial charge in [-0.15, -0.1) is 0 Å². The molecule has 2 rings (SSSR count). The van der Waals surface area contributed by atoms with Crippen molar-refractivity contribution in [2.24, 2.45) is 5.92 Å². The van der Waals surface area contributed by atoms with Gasteiger partial charge in [0.15, 0.2) is 0 Å². The normalized spacial score (nSPS) is 13.3. The lowest BCUT2D eigenvalue weighted by Crippen LogP contribution is -2.32. The molecule has 0 amide bonds. The van der Waals surface area contributed by atoms with Gasteiger partial charge in [-0.1, -0.05) is 56.3 Å². The minimum atomic E-state index is -3.48. The molecule has 0 unspecified atom stereocenters. The molecule has 0 aliphatic rings. The quantitative estimate of drug-likeness (QED) is 0.883. The molecule has 0 saturated heterocycles. The fourth-order valence-corrected chi connectivity index (χ4v) is 3.80. The second kappa shape index (κ2) is 7.03. The van der Waals surface area contributed by atoms with Gasteiger partial charge in [-0.2, -0.15) is 0 Å². The van der Waals surface area contributed by atoms with E-state index in [1.165, 1.54) is 12.1 Å². The van der Waals surface area contributed by atoms with Crippen molar-refractivity contribution in [1.82, 2.24) is 4.72 Å². The van der Waals surface area contributed by atoms with Crippen LogP contribution in [0.25, 0.3) is 0 Å². The van der Waals surface area contributed by atoms with Crippen LogP contribution in [-0.2, 0) is 15.8 Å². The maximum Gasteiger partial charge on any atom is 0.216 e. The fraction of sp³-hybridized carbons (Fsp3) is 0.294. The van der Waals surface area contributed by atoms with Crippen molar-refractivity contribution in [3.05, 3.63) is 71.5 Å². The van der Waals surface area contributed by atoms with Gasteiger partial charge >= 0.3 is 0 Å². The van der Waals surface area contributed by atoms with Gasteiger partial charge in [0.1, 0.15) is 5.82 Å². The van der Waals surface area contributed by atoms with Crippen LogP contribution in [0.1, 0.15) is 31.0 Å². The summed E-state index contributed by atoms with van der Waals surface area (Å²) in [6, 6.07) is 14.6. The first-order valence-electron chi connectivity index (χ1n) is 7.17. The predicted molar refractivity (Wildman–Crippen MR) is 86.2 cm³/mol. The first-order chi connectivity index (χ1) is 10.4. The van der Waals surface area contributed by atoms with E-state index in [9.17, 15) is 12.8 Å². The second-order valence-corrected chi connectivity index (χ2v) is 7.39. The smallest absolute Gasteiger partial charge is 0.212 e. The molecule has 22 heavy (non-hydrogen) atoms. The van der Waals surface area contributed by atoms with Crippen LogP contribution >= 0.6 is 0 Å². The monoisotopic (exact) mass is 321 g/mol. The van der Waals surface area contributed by atoms with Gasteiger partial charge in [-0.25, -0.2) is 17.5 Å². The van der Waals surface area contributed by atoms with E-state index in [0.717, 1.165) is 11.1 Å². The minimum absolute atomic E-state index is 0.0519. The van der Waals surface area contributed by atoms with Gasteiger partial charge in [0.2, 0.25) is 10.0 Å². The highest BCUT2D eigenvalue weighted by atomic mass is 32.2. The average Bonchev–Trinajstić information content (AvgIpc) is 2.46. The molecule has 0 aliphatic carbocycles. The van der Waals surface area contributed by atoms with Crippen molar-refractivity contribution < 1.29 is 12.8 Å².